The van der Waals surface area contributed by atoms with Gasteiger partial charge in [0.2, 0.25) is 0 Å². The molecule has 2 heterocycles. The van der Waals surface area contributed by atoms with Crippen molar-refractivity contribution in [2.45, 2.75) is 6.10 Å². The van der Waals surface area contributed by atoms with Crippen LogP contribution in [-0.4, -0.2) is 67.2 Å². The van der Waals surface area contributed by atoms with Gasteiger partial charge in [-0.15, -0.1) is 0 Å². The largest absolute Gasteiger partial charge is 0.486 e. The molecule has 4 rings (SSSR count). The van der Waals surface area contributed by atoms with Gasteiger partial charge in [0.05, 0.1) is 6.54 Å². The lowest BCUT2D eigenvalue weighted by atomic mass is 10.2. The number of hydrogen-bond donors (Lipinski definition) is 1. The Morgan fingerprint density at radius 3 is 2.29 bits per heavy atom. The number of fused-ring (bicyclic) bond motifs is 1. The van der Waals surface area contributed by atoms with Crippen molar-refractivity contribution in [3.05, 3.63) is 60.2 Å². The summed E-state index contributed by atoms with van der Waals surface area (Å²) in [5, 5.41) is 2.91. The van der Waals surface area contributed by atoms with Crippen LogP contribution in [-0.2, 0) is 0 Å². The van der Waals surface area contributed by atoms with Crippen LogP contribution in [0, 0.1) is 0 Å². The van der Waals surface area contributed by atoms with Gasteiger partial charge in [0.25, 0.3) is 5.91 Å². The number of piperazine rings is 1. The molecule has 3 amide bonds. The molecule has 0 radical (unpaired) electrons. The Labute approximate surface area is 163 Å². The van der Waals surface area contributed by atoms with Gasteiger partial charge in [0.1, 0.15) is 6.61 Å². The number of para-hydroxylation sites is 2. The van der Waals surface area contributed by atoms with Crippen LogP contribution in [0.4, 0.5) is 4.79 Å². The molecule has 1 N–H and O–H groups in total. The molecule has 7 nitrogen and oxygen atoms in total. The van der Waals surface area contributed by atoms with E-state index in [1.54, 1.807) is 9.80 Å². The van der Waals surface area contributed by atoms with Crippen LogP contribution in [0.25, 0.3) is 0 Å². The maximum Gasteiger partial charge on any atom is 0.317 e. The Morgan fingerprint density at radius 2 is 1.54 bits per heavy atom. The molecule has 0 spiro atoms. The summed E-state index contributed by atoms with van der Waals surface area (Å²) in [5.74, 6) is 1.43. The molecule has 0 saturated carbocycles. The highest BCUT2D eigenvalue weighted by Crippen LogP contribution is 2.30. The van der Waals surface area contributed by atoms with Crippen molar-refractivity contribution in [1.82, 2.24) is 15.1 Å². The Morgan fingerprint density at radius 1 is 0.893 bits per heavy atom. The lowest BCUT2D eigenvalue weighted by Gasteiger charge is -2.35. The Balaban J connectivity index is 1.23. The summed E-state index contributed by atoms with van der Waals surface area (Å²) >= 11 is 0. The third kappa shape index (κ3) is 4.03. The normalized spacial score (nSPS) is 18.5. The molecule has 0 unspecified atom stereocenters. The molecule has 0 aromatic heterocycles. The van der Waals surface area contributed by atoms with Gasteiger partial charge in [-0.2, -0.15) is 0 Å². The lowest BCUT2D eigenvalue weighted by Crippen LogP contribution is -2.54. The van der Waals surface area contributed by atoms with E-state index in [-0.39, 0.29) is 18.0 Å². The van der Waals surface area contributed by atoms with Crippen LogP contribution in [0.1, 0.15) is 10.4 Å². The highest BCUT2D eigenvalue weighted by molar-refractivity contribution is 5.94. The van der Waals surface area contributed by atoms with Gasteiger partial charge >= 0.3 is 6.03 Å². The summed E-state index contributed by atoms with van der Waals surface area (Å²) in [6.07, 6.45) is -0.222. The Kier molecular flexibility index (Phi) is 5.32. The van der Waals surface area contributed by atoms with Gasteiger partial charge in [-0.1, -0.05) is 30.3 Å². The molecule has 1 atom stereocenters. The van der Waals surface area contributed by atoms with E-state index in [2.05, 4.69) is 5.32 Å². The summed E-state index contributed by atoms with van der Waals surface area (Å²) in [6.45, 7) is 2.84. The SMILES string of the molecule is O=C(NC[C@@H]1COc2ccccc2O1)N1CCN(C(=O)c2ccccc2)CC1. The van der Waals surface area contributed by atoms with Crippen molar-refractivity contribution in [2.75, 3.05) is 39.3 Å². The number of rotatable bonds is 3. The van der Waals surface area contributed by atoms with E-state index >= 15 is 0 Å². The highest BCUT2D eigenvalue weighted by Gasteiger charge is 2.26. The second-order valence-corrected chi connectivity index (χ2v) is 6.83. The predicted octanol–water partition coefficient (Wildman–Crippen LogP) is 1.99. The van der Waals surface area contributed by atoms with Crippen molar-refractivity contribution in [3.63, 3.8) is 0 Å². The second-order valence-electron chi connectivity index (χ2n) is 6.83. The van der Waals surface area contributed by atoms with E-state index in [1.807, 2.05) is 54.6 Å². The molecule has 0 bridgehead atoms. The number of carbonyl (C=O) groups excluding carboxylic acids is 2. The number of ether oxygens (including phenoxy) is 2. The summed E-state index contributed by atoms with van der Waals surface area (Å²) < 4.78 is 11.5. The van der Waals surface area contributed by atoms with E-state index in [9.17, 15) is 9.59 Å². The van der Waals surface area contributed by atoms with Crippen LogP contribution in [0.3, 0.4) is 0 Å². The minimum Gasteiger partial charge on any atom is -0.486 e. The lowest BCUT2D eigenvalue weighted by molar-refractivity contribution is 0.0655. The first-order valence-electron chi connectivity index (χ1n) is 9.46. The van der Waals surface area contributed by atoms with Crippen molar-refractivity contribution < 1.29 is 19.1 Å². The average molecular weight is 381 g/mol. The number of benzene rings is 2. The smallest absolute Gasteiger partial charge is 0.317 e. The zero-order valence-electron chi connectivity index (χ0n) is 15.5. The first kappa shape index (κ1) is 18.2. The fourth-order valence-corrected chi connectivity index (χ4v) is 3.35. The highest BCUT2D eigenvalue weighted by atomic mass is 16.6. The van der Waals surface area contributed by atoms with Crippen molar-refractivity contribution in [2.24, 2.45) is 0 Å². The van der Waals surface area contributed by atoms with Gasteiger partial charge in [0.15, 0.2) is 17.6 Å². The third-order valence-corrected chi connectivity index (χ3v) is 4.92. The monoisotopic (exact) mass is 381 g/mol. The van der Waals surface area contributed by atoms with Crippen molar-refractivity contribution in [3.8, 4) is 11.5 Å². The average Bonchev–Trinajstić information content (AvgIpc) is 2.77. The zero-order valence-corrected chi connectivity index (χ0v) is 15.5. The third-order valence-electron chi connectivity index (χ3n) is 4.92. The Bertz CT molecular complexity index is 835. The van der Waals surface area contributed by atoms with Crippen LogP contribution in [0.15, 0.2) is 54.6 Å². The molecule has 2 aliphatic rings. The first-order chi connectivity index (χ1) is 13.7. The molecule has 2 aromatic carbocycles. The fraction of sp³-hybridized carbons (Fsp3) is 0.333. The maximum absolute atomic E-state index is 12.5. The summed E-state index contributed by atoms with van der Waals surface area (Å²) in [6, 6.07) is 16.6. The molecule has 0 aliphatic carbocycles. The summed E-state index contributed by atoms with van der Waals surface area (Å²) in [4.78, 5) is 28.4. The zero-order chi connectivity index (χ0) is 19.3. The topological polar surface area (TPSA) is 71.1 Å². The molecular weight excluding hydrogens is 358 g/mol. The van der Waals surface area contributed by atoms with Crippen LogP contribution < -0.4 is 14.8 Å². The Hall–Kier alpha value is -3.22. The number of nitrogens with zero attached hydrogens (tertiary/aromatic N) is 2. The summed E-state index contributed by atoms with van der Waals surface area (Å²) in [5.41, 5.74) is 0.676. The quantitative estimate of drug-likeness (QED) is 0.883. The standard InChI is InChI=1S/C21H23N3O4/c25-20(16-6-2-1-3-7-16)23-10-12-24(13-11-23)21(26)22-14-17-15-27-18-8-4-5-9-19(18)28-17/h1-9,17H,10-15H2,(H,22,26)/t17-/m1/s1. The van der Waals surface area contributed by atoms with Gasteiger partial charge < -0.3 is 24.6 Å². The minimum atomic E-state index is -0.222. The molecule has 1 saturated heterocycles. The summed E-state index contributed by atoms with van der Waals surface area (Å²) in [7, 11) is 0. The molecule has 28 heavy (non-hydrogen) atoms. The molecule has 2 aromatic rings. The fourth-order valence-electron chi connectivity index (χ4n) is 3.35. The van der Waals surface area contributed by atoms with Crippen LogP contribution in [0.5, 0.6) is 11.5 Å². The van der Waals surface area contributed by atoms with E-state index in [4.69, 9.17) is 9.47 Å². The maximum atomic E-state index is 12.5. The van der Waals surface area contributed by atoms with Gasteiger partial charge in [-0.3, -0.25) is 4.79 Å². The van der Waals surface area contributed by atoms with Crippen LogP contribution >= 0.6 is 0 Å². The van der Waals surface area contributed by atoms with E-state index in [0.717, 1.165) is 5.75 Å². The number of amides is 3. The van der Waals surface area contributed by atoms with E-state index < -0.39 is 0 Å². The predicted molar refractivity (Wildman–Crippen MR) is 104 cm³/mol. The van der Waals surface area contributed by atoms with E-state index in [0.29, 0.717) is 50.6 Å². The van der Waals surface area contributed by atoms with Crippen molar-refractivity contribution in [1.29, 1.82) is 0 Å². The second kappa shape index (κ2) is 8.21. The number of hydrogen-bond acceptors (Lipinski definition) is 4. The molecule has 1 fully saturated rings. The molecule has 7 heteroatoms. The van der Waals surface area contributed by atoms with Crippen molar-refractivity contribution >= 4 is 11.9 Å². The number of carbonyl (C=O) groups is 2. The van der Waals surface area contributed by atoms with Gasteiger partial charge in [-0.05, 0) is 24.3 Å². The van der Waals surface area contributed by atoms with Gasteiger partial charge in [-0.25, -0.2) is 4.79 Å². The molecule has 2 aliphatic heterocycles. The van der Waals surface area contributed by atoms with Gasteiger partial charge in [0, 0.05) is 31.7 Å². The first-order valence-corrected chi connectivity index (χ1v) is 9.46. The number of nitrogens with one attached hydrogen (secondary N) is 1. The number of urea groups is 1. The van der Waals surface area contributed by atoms with E-state index in [1.165, 1.54) is 0 Å². The molecule has 146 valence electrons. The molecular formula is C21H23N3O4. The van der Waals surface area contributed by atoms with Crippen LogP contribution in [0.2, 0.25) is 0 Å². The minimum absolute atomic E-state index is 0.00655.